The Morgan fingerprint density at radius 2 is 1.70 bits per heavy atom. The number of rotatable bonds is 6. The van der Waals surface area contributed by atoms with Crippen molar-refractivity contribution in [3.63, 3.8) is 0 Å². The fourth-order valence-corrected chi connectivity index (χ4v) is 4.50. The van der Waals surface area contributed by atoms with Gasteiger partial charge in [0.05, 0.1) is 6.10 Å². The molecule has 4 rings (SSSR count). The summed E-state index contributed by atoms with van der Waals surface area (Å²) in [5, 5.41) is 0. The Balaban J connectivity index is 1.51. The summed E-state index contributed by atoms with van der Waals surface area (Å²) in [4.78, 5) is 0. The summed E-state index contributed by atoms with van der Waals surface area (Å²) < 4.78 is 50.3. The SMILES string of the molecule is CC/C=C\CC1=CC=C(c2ccc(-c3ccc(C4CCC(C)CO4)cc3F)cc2)C(F)C1F. The minimum Gasteiger partial charge on any atom is -0.373 e. The van der Waals surface area contributed by atoms with E-state index >= 15 is 0 Å². The fourth-order valence-electron chi connectivity index (χ4n) is 4.50. The zero-order valence-corrected chi connectivity index (χ0v) is 19.2. The van der Waals surface area contributed by atoms with Crippen LogP contribution >= 0.6 is 0 Å². The van der Waals surface area contributed by atoms with E-state index in [9.17, 15) is 13.2 Å². The minimum absolute atomic E-state index is 0.0593. The van der Waals surface area contributed by atoms with Gasteiger partial charge in [0, 0.05) is 12.2 Å². The van der Waals surface area contributed by atoms with Gasteiger partial charge in [-0.25, -0.2) is 13.2 Å². The van der Waals surface area contributed by atoms with Crippen molar-refractivity contribution >= 4 is 5.57 Å². The largest absolute Gasteiger partial charge is 0.373 e. The van der Waals surface area contributed by atoms with Crippen molar-refractivity contribution in [1.82, 2.24) is 0 Å². The quantitative estimate of drug-likeness (QED) is 0.400. The molecule has 1 nitrogen and oxygen atoms in total. The Kier molecular flexibility index (Phi) is 7.54. The Hall–Kier alpha value is -2.59. The smallest absolute Gasteiger partial charge is 0.161 e. The molecule has 0 N–H and O–H groups in total. The molecule has 1 saturated heterocycles. The predicted molar refractivity (Wildman–Crippen MR) is 129 cm³/mol. The molecule has 0 saturated carbocycles. The molecular formula is C29H31F3O. The van der Waals surface area contributed by atoms with Crippen LogP contribution in [0.1, 0.15) is 56.8 Å². The number of hydrogen-bond donors (Lipinski definition) is 0. The Morgan fingerprint density at radius 1 is 0.939 bits per heavy atom. The van der Waals surface area contributed by atoms with Crippen molar-refractivity contribution in [3.05, 3.63) is 89.3 Å². The van der Waals surface area contributed by atoms with Crippen LogP contribution in [0.5, 0.6) is 0 Å². The summed E-state index contributed by atoms with van der Waals surface area (Å²) in [5.74, 6) is 0.235. The molecule has 1 fully saturated rings. The molecule has 1 aliphatic carbocycles. The number of alkyl halides is 2. The molecular weight excluding hydrogens is 421 g/mol. The van der Waals surface area contributed by atoms with Crippen molar-refractivity contribution in [2.24, 2.45) is 5.92 Å². The fraction of sp³-hybridized carbons (Fsp3) is 0.379. The van der Waals surface area contributed by atoms with Gasteiger partial charge < -0.3 is 4.74 Å². The summed E-state index contributed by atoms with van der Waals surface area (Å²) in [6.07, 6.45) is 7.00. The lowest BCUT2D eigenvalue weighted by atomic mass is 9.88. The maximum atomic E-state index is 14.9. The van der Waals surface area contributed by atoms with Crippen LogP contribution in [0.2, 0.25) is 0 Å². The monoisotopic (exact) mass is 452 g/mol. The van der Waals surface area contributed by atoms with Gasteiger partial charge in [-0.1, -0.05) is 74.5 Å². The molecule has 0 aromatic heterocycles. The normalized spacial score (nSPS) is 25.7. The van der Waals surface area contributed by atoms with Crippen LogP contribution in [-0.2, 0) is 4.74 Å². The van der Waals surface area contributed by atoms with E-state index in [0.717, 1.165) is 24.8 Å². The van der Waals surface area contributed by atoms with Gasteiger partial charge in [-0.15, -0.1) is 0 Å². The van der Waals surface area contributed by atoms with Crippen molar-refractivity contribution in [2.45, 2.75) is 58.0 Å². The van der Waals surface area contributed by atoms with Crippen LogP contribution in [0.3, 0.4) is 0 Å². The van der Waals surface area contributed by atoms with E-state index in [4.69, 9.17) is 4.74 Å². The van der Waals surface area contributed by atoms with E-state index in [-0.39, 0.29) is 11.9 Å². The van der Waals surface area contributed by atoms with Crippen molar-refractivity contribution < 1.29 is 17.9 Å². The molecule has 33 heavy (non-hydrogen) atoms. The van der Waals surface area contributed by atoms with Crippen LogP contribution in [0.25, 0.3) is 16.7 Å². The highest BCUT2D eigenvalue weighted by Crippen LogP contribution is 2.36. The maximum absolute atomic E-state index is 14.9. The summed E-state index contributed by atoms with van der Waals surface area (Å²) in [6.45, 7) is 4.86. The summed E-state index contributed by atoms with van der Waals surface area (Å²) in [6, 6.07) is 12.2. The van der Waals surface area contributed by atoms with Gasteiger partial charge in [0.15, 0.2) is 12.3 Å². The average Bonchev–Trinajstić information content (AvgIpc) is 2.83. The van der Waals surface area contributed by atoms with Crippen LogP contribution in [0.4, 0.5) is 13.2 Å². The number of hydrogen-bond acceptors (Lipinski definition) is 1. The molecule has 0 amide bonds. The van der Waals surface area contributed by atoms with Crippen molar-refractivity contribution in [2.75, 3.05) is 6.61 Å². The second-order valence-corrected chi connectivity index (χ2v) is 9.07. The third kappa shape index (κ3) is 5.33. The van der Waals surface area contributed by atoms with Gasteiger partial charge >= 0.3 is 0 Å². The average molecular weight is 453 g/mol. The number of allylic oxidation sites excluding steroid dienone is 6. The van der Waals surface area contributed by atoms with E-state index in [1.54, 1.807) is 48.6 Å². The molecule has 1 heterocycles. The van der Waals surface area contributed by atoms with Crippen molar-refractivity contribution in [3.8, 4) is 11.1 Å². The van der Waals surface area contributed by atoms with Gasteiger partial charge in [-0.2, -0.15) is 0 Å². The van der Waals surface area contributed by atoms with Gasteiger partial charge in [0.1, 0.15) is 5.82 Å². The zero-order valence-electron chi connectivity index (χ0n) is 19.2. The first-order chi connectivity index (χ1) is 16.0. The maximum Gasteiger partial charge on any atom is 0.161 e. The third-order valence-electron chi connectivity index (χ3n) is 6.54. The zero-order chi connectivity index (χ0) is 23.4. The lowest BCUT2D eigenvalue weighted by Gasteiger charge is -2.27. The molecule has 2 aromatic carbocycles. The molecule has 4 heteroatoms. The van der Waals surface area contributed by atoms with E-state index in [1.807, 2.05) is 25.1 Å². The van der Waals surface area contributed by atoms with Crippen LogP contribution in [0.15, 0.2) is 72.3 Å². The lowest BCUT2D eigenvalue weighted by molar-refractivity contribution is -0.0125. The standard InChI is InChI=1S/C29H31F3O/c1-3-4-5-6-22-12-15-25(29(32)28(22)31)21-10-8-20(9-11-21)24-14-13-23(17-26(24)30)27-16-7-19(2)18-33-27/h4-5,8-15,17,19,27-29H,3,6-7,16,18H2,1-2H3/b5-4-. The highest BCUT2D eigenvalue weighted by molar-refractivity contribution is 5.75. The van der Waals surface area contributed by atoms with Crippen molar-refractivity contribution in [1.29, 1.82) is 0 Å². The van der Waals surface area contributed by atoms with Gasteiger partial charge in [-0.3, -0.25) is 0 Å². The topological polar surface area (TPSA) is 9.23 Å². The Morgan fingerprint density at radius 3 is 2.36 bits per heavy atom. The molecule has 2 aromatic rings. The second-order valence-electron chi connectivity index (χ2n) is 9.07. The molecule has 4 atom stereocenters. The highest BCUT2D eigenvalue weighted by atomic mass is 19.2. The Labute approximate surface area is 194 Å². The molecule has 4 unspecified atom stereocenters. The van der Waals surface area contributed by atoms with E-state index < -0.39 is 12.3 Å². The lowest BCUT2D eigenvalue weighted by Crippen LogP contribution is -2.23. The van der Waals surface area contributed by atoms with Crippen LogP contribution < -0.4 is 0 Å². The highest BCUT2D eigenvalue weighted by Gasteiger charge is 2.30. The second kappa shape index (κ2) is 10.6. The summed E-state index contributed by atoms with van der Waals surface area (Å²) in [5.41, 5.74) is 3.42. The van der Waals surface area contributed by atoms with Gasteiger partial charge in [-0.05, 0) is 65.5 Å². The van der Waals surface area contributed by atoms with Gasteiger partial charge in [0.25, 0.3) is 0 Å². The first-order valence-corrected chi connectivity index (χ1v) is 11.8. The molecule has 0 spiro atoms. The summed E-state index contributed by atoms with van der Waals surface area (Å²) >= 11 is 0. The first-order valence-electron chi connectivity index (χ1n) is 11.8. The number of benzene rings is 2. The molecule has 0 radical (unpaired) electrons. The molecule has 2 aliphatic rings. The number of ether oxygens (including phenoxy) is 1. The Bertz CT molecular complexity index is 1040. The third-order valence-corrected chi connectivity index (χ3v) is 6.54. The first kappa shape index (κ1) is 23.6. The van der Waals surface area contributed by atoms with Crippen LogP contribution in [-0.4, -0.2) is 19.0 Å². The molecule has 0 bridgehead atoms. The number of halogens is 3. The van der Waals surface area contributed by atoms with E-state index in [2.05, 4.69) is 6.92 Å². The molecule has 1 aliphatic heterocycles. The van der Waals surface area contributed by atoms with E-state index in [0.29, 0.717) is 46.8 Å². The minimum atomic E-state index is -1.71. The predicted octanol–water partition coefficient (Wildman–Crippen LogP) is 8.34. The van der Waals surface area contributed by atoms with Gasteiger partial charge in [0.2, 0.25) is 0 Å². The molecule has 174 valence electrons. The van der Waals surface area contributed by atoms with Crippen LogP contribution in [0, 0.1) is 11.7 Å². The summed E-state index contributed by atoms with van der Waals surface area (Å²) in [7, 11) is 0. The van der Waals surface area contributed by atoms with E-state index in [1.165, 1.54) is 0 Å².